The van der Waals surface area contributed by atoms with E-state index in [2.05, 4.69) is 5.32 Å². The topological polar surface area (TPSA) is 58.6 Å². The highest BCUT2D eigenvalue weighted by Gasteiger charge is 2.40. The average Bonchev–Trinajstić information content (AvgIpc) is 3.34. The minimum atomic E-state index is -4.45. The van der Waals surface area contributed by atoms with Crippen LogP contribution in [0.5, 0.6) is 5.75 Å². The molecule has 1 N–H and O–H groups in total. The van der Waals surface area contributed by atoms with Gasteiger partial charge in [0.05, 0.1) is 0 Å². The van der Waals surface area contributed by atoms with Crippen molar-refractivity contribution in [2.24, 2.45) is 5.92 Å². The van der Waals surface area contributed by atoms with Crippen molar-refractivity contribution in [3.05, 3.63) is 24.3 Å². The number of rotatable bonds is 7. The second-order valence-electron chi connectivity index (χ2n) is 6.21. The number of benzene rings is 1. The highest BCUT2D eigenvalue weighted by molar-refractivity contribution is 5.88. The molecular weight excluding hydrogens is 337 g/mol. The molecule has 138 valence electrons. The first kappa shape index (κ1) is 19.1. The number of amides is 2. The molecule has 25 heavy (non-hydrogen) atoms. The van der Waals surface area contributed by atoms with Crippen LogP contribution in [0.1, 0.15) is 26.7 Å². The number of carbonyl (C=O) groups excluding carboxylic acids is 2. The Morgan fingerprint density at radius 2 is 1.88 bits per heavy atom. The molecule has 0 aromatic heterocycles. The SMILES string of the molecule is CC(=O)Nc1ccc(OCC(=O)N(CC(F)(F)F)[C@@H](C)C2CC2)cc1. The van der Waals surface area contributed by atoms with Gasteiger partial charge in [-0.05, 0) is 49.9 Å². The van der Waals surface area contributed by atoms with Gasteiger partial charge in [-0.15, -0.1) is 0 Å². The summed E-state index contributed by atoms with van der Waals surface area (Å²) in [6, 6.07) is 5.79. The van der Waals surface area contributed by atoms with E-state index in [4.69, 9.17) is 4.74 Å². The fourth-order valence-corrected chi connectivity index (χ4v) is 2.55. The maximum Gasteiger partial charge on any atom is 0.406 e. The lowest BCUT2D eigenvalue weighted by Gasteiger charge is -2.30. The third kappa shape index (κ3) is 6.28. The Morgan fingerprint density at radius 1 is 1.28 bits per heavy atom. The number of nitrogens with zero attached hydrogens (tertiary/aromatic N) is 1. The van der Waals surface area contributed by atoms with Gasteiger partial charge in [0.25, 0.3) is 5.91 Å². The molecule has 0 heterocycles. The normalized spacial score (nSPS) is 15.4. The van der Waals surface area contributed by atoms with Crippen LogP contribution in [0.15, 0.2) is 24.3 Å². The molecule has 1 aromatic rings. The molecule has 2 rings (SSSR count). The van der Waals surface area contributed by atoms with Crippen molar-refractivity contribution < 1.29 is 27.5 Å². The fraction of sp³-hybridized carbons (Fsp3) is 0.529. The number of anilines is 1. The minimum Gasteiger partial charge on any atom is -0.484 e. The van der Waals surface area contributed by atoms with Gasteiger partial charge in [0.15, 0.2) is 6.61 Å². The van der Waals surface area contributed by atoms with E-state index in [0.29, 0.717) is 11.4 Å². The molecule has 1 aliphatic rings. The molecule has 1 atom stereocenters. The largest absolute Gasteiger partial charge is 0.484 e. The van der Waals surface area contributed by atoms with Gasteiger partial charge in [-0.3, -0.25) is 9.59 Å². The van der Waals surface area contributed by atoms with Gasteiger partial charge in [-0.25, -0.2) is 0 Å². The maximum atomic E-state index is 12.8. The van der Waals surface area contributed by atoms with Crippen LogP contribution >= 0.6 is 0 Å². The Hall–Kier alpha value is -2.25. The summed E-state index contributed by atoms with van der Waals surface area (Å²) in [5, 5.41) is 2.58. The van der Waals surface area contributed by atoms with Crippen molar-refractivity contribution in [1.82, 2.24) is 4.90 Å². The zero-order valence-corrected chi connectivity index (χ0v) is 14.1. The Labute approximate surface area is 144 Å². The Kier molecular flexibility index (Phi) is 5.92. The average molecular weight is 358 g/mol. The molecule has 8 heteroatoms. The van der Waals surface area contributed by atoms with Gasteiger partial charge < -0.3 is 15.0 Å². The maximum absolute atomic E-state index is 12.8. The summed E-state index contributed by atoms with van der Waals surface area (Å²) in [5.41, 5.74) is 0.562. The summed E-state index contributed by atoms with van der Waals surface area (Å²) in [4.78, 5) is 24.0. The molecule has 0 saturated heterocycles. The van der Waals surface area contributed by atoms with Crippen molar-refractivity contribution in [3.8, 4) is 5.75 Å². The van der Waals surface area contributed by atoms with E-state index >= 15 is 0 Å². The van der Waals surface area contributed by atoms with Crippen LogP contribution in [0.4, 0.5) is 18.9 Å². The number of hydrogen-bond donors (Lipinski definition) is 1. The molecule has 1 fully saturated rings. The predicted octanol–water partition coefficient (Wildman–Crippen LogP) is 3.21. The van der Waals surface area contributed by atoms with Crippen molar-refractivity contribution in [1.29, 1.82) is 0 Å². The molecule has 1 aromatic carbocycles. The van der Waals surface area contributed by atoms with Gasteiger partial charge >= 0.3 is 6.18 Å². The summed E-state index contributed by atoms with van der Waals surface area (Å²) in [6.07, 6.45) is -2.76. The second kappa shape index (κ2) is 7.76. The number of nitrogens with one attached hydrogen (secondary N) is 1. The summed E-state index contributed by atoms with van der Waals surface area (Å²) in [6.45, 7) is 1.28. The van der Waals surface area contributed by atoms with Gasteiger partial charge in [0, 0.05) is 18.7 Å². The van der Waals surface area contributed by atoms with Crippen LogP contribution in [0.25, 0.3) is 0 Å². The molecule has 0 aliphatic heterocycles. The monoisotopic (exact) mass is 358 g/mol. The lowest BCUT2D eigenvalue weighted by molar-refractivity contribution is -0.167. The van der Waals surface area contributed by atoms with Crippen LogP contribution in [-0.4, -0.2) is 42.1 Å². The van der Waals surface area contributed by atoms with Crippen LogP contribution < -0.4 is 10.1 Å². The van der Waals surface area contributed by atoms with E-state index in [1.54, 1.807) is 19.1 Å². The molecule has 0 bridgehead atoms. The highest BCUT2D eigenvalue weighted by Crippen LogP contribution is 2.36. The Bertz CT molecular complexity index is 613. The van der Waals surface area contributed by atoms with Gasteiger partial charge in [-0.2, -0.15) is 13.2 Å². The molecule has 1 aliphatic carbocycles. The molecule has 0 radical (unpaired) electrons. The highest BCUT2D eigenvalue weighted by atomic mass is 19.4. The first-order chi connectivity index (χ1) is 11.7. The molecule has 1 saturated carbocycles. The Morgan fingerprint density at radius 3 is 2.36 bits per heavy atom. The summed E-state index contributed by atoms with van der Waals surface area (Å²) in [5.74, 6) is -0.444. The lowest BCUT2D eigenvalue weighted by atomic mass is 10.2. The number of alkyl halides is 3. The summed E-state index contributed by atoms with van der Waals surface area (Å²) < 4.78 is 43.6. The van der Waals surface area contributed by atoms with Crippen molar-refractivity contribution in [2.45, 2.75) is 38.9 Å². The minimum absolute atomic E-state index is 0.128. The number of halogens is 3. The van der Waals surface area contributed by atoms with E-state index < -0.39 is 31.3 Å². The van der Waals surface area contributed by atoms with Crippen LogP contribution in [-0.2, 0) is 9.59 Å². The third-order valence-electron chi connectivity index (χ3n) is 4.00. The predicted molar refractivity (Wildman–Crippen MR) is 86.2 cm³/mol. The van der Waals surface area contributed by atoms with Crippen molar-refractivity contribution in [2.75, 3.05) is 18.5 Å². The first-order valence-corrected chi connectivity index (χ1v) is 8.02. The lowest BCUT2D eigenvalue weighted by Crippen LogP contribution is -2.47. The van der Waals surface area contributed by atoms with Gasteiger partial charge in [-0.1, -0.05) is 0 Å². The number of carbonyl (C=O) groups is 2. The molecule has 2 amide bonds. The quantitative estimate of drug-likeness (QED) is 0.814. The molecule has 0 spiro atoms. The van der Waals surface area contributed by atoms with E-state index in [-0.39, 0.29) is 11.8 Å². The van der Waals surface area contributed by atoms with E-state index in [1.165, 1.54) is 19.1 Å². The summed E-state index contributed by atoms with van der Waals surface area (Å²) >= 11 is 0. The second-order valence-corrected chi connectivity index (χ2v) is 6.21. The van der Waals surface area contributed by atoms with Crippen molar-refractivity contribution in [3.63, 3.8) is 0 Å². The third-order valence-corrected chi connectivity index (χ3v) is 4.00. The molecule has 5 nitrogen and oxygen atoms in total. The zero-order chi connectivity index (χ0) is 18.6. The van der Waals surface area contributed by atoms with Gasteiger partial charge in [0.2, 0.25) is 5.91 Å². The fourth-order valence-electron chi connectivity index (χ4n) is 2.55. The van der Waals surface area contributed by atoms with E-state index in [1.807, 2.05) is 0 Å². The smallest absolute Gasteiger partial charge is 0.406 e. The Balaban J connectivity index is 1.94. The van der Waals surface area contributed by atoms with E-state index in [9.17, 15) is 22.8 Å². The number of ether oxygens (including phenoxy) is 1. The van der Waals surface area contributed by atoms with Crippen molar-refractivity contribution >= 4 is 17.5 Å². The molecular formula is C17H21F3N2O3. The standard InChI is InChI=1S/C17H21F3N2O3/c1-11(13-3-4-13)22(10-17(18,19)20)16(24)9-25-15-7-5-14(6-8-15)21-12(2)23/h5-8,11,13H,3-4,9-10H2,1-2H3,(H,21,23)/t11-/m0/s1. The van der Waals surface area contributed by atoms with Crippen LogP contribution in [0.3, 0.4) is 0 Å². The van der Waals surface area contributed by atoms with Crippen LogP contribution in [0, 0.1) is 5.92 Å². The van der Waals surface area contributed by atoms with E-state index in [0.717, 1.165) is 17.7 Å². The number of hydrogen-bond acceptors (Lipinski definition) is 3. The van der Waals surface area contributed by atoms with Crippen LogP contribution in [0.2, 0.25) is 0 Å². The van der Waals surface area contributed by atoms with Gasteiger partial charge in [0.1, 0.15) is 12.3 Å². The zero-order valence-electron chi connectivity index (χ0n) is 14.1. The summed E-state index contributed by atoms with van der Waals surface area (Å²) in [7, 11) is 0. The molecule has 0 unspecified atom stereocenters. The first-order valence-electron chi connectivity index (χ1n) is 8.02.